The standard InChI is InChI=1S/C25H26N4O3/c1-17-4-6-18(7-5-17)10-13-23(30)27-21-11-8-19(9-12-21)14-22-26-16-20(15-24(31)32)25(28-22)29(2)3/h4-13,16H,14-15H2,1-3H3,(H,27,30)(H,31,32). The summed E-state index contributed by atoms with van der Waals surface area (Å²) in [7, 11) is 3.64. The lowest BCUT2D eigenvalue weighted by atomic mass is 10.1. The zero-order valence-electron chi connectivity index (χ0n) is 18.4. The predicted octanol–water partition coefficient (Wildman–Crippen LogP) is 3.72. The van der Waals surface area contributed by atoms with E-state index in [9.17, 15) is 9.59 Å². The smallest absolute Gasteiger partial charge is 0.308 e. The first kappa shape index (κ1) is 22.7. The second kappa shape index (κ2) is 10.3. The second-order valence-electron chi connectivity index (χ2n) is 7.71. The Balaban J connectivity index is 1.63. The minimum absolute atomic E-state index is 0.124. The number of hydrogen-bond donors (Lipinski definition) is 2. The van der Waals surface area contributed by atoms with E-state index in [1.54, 1.807) is 17.2 Å². The SMILES string of the molecule is Cc1ccc(C=CC(=O)Nc2ccc(Cc3ncc(CC(=O)O)c(N(C)C)n3)cc2)cc1. The maximum Gasteiger partial charge on any atom is 0.308 e. The quantitative estimate of drug-likeness (QED) is 0.529. The molecule has 0 spiro atoms. The average molecular weight is 431 g/mol. The van der Waals surface area contributed by atoms with Crippen LogP contribution in [0, 0.1) is 6.92 Å². The van der Waals surface area contributed by atoms with Crippen molar-refractivity contribution < 1.29 is 14.7 Å². The van der Waals surface area contributed by atoms with Gasteiger partial charge in [-0.2, -0.15) is 0 Å². The highest BCUT2D eigenvalue weighted by molar-refractivity contribution is 6.01. The number of carboxylic acids is 1. The predicted molar refractivity (Wildman–Crippen MR) is 126 cm³/mol. The van der Waals surface area contributed by atoms with Gasteiger partial charge in [-0.25, -0.2) is 9.97 Å². The molecular formula is C25H26N4O3. The van der Waals surface area contributed by atoms with Gasteiger partial charge >= 0.3 is 5.97 Å². The summed E-state index contributed by atoms with van der Waals surface area (Å²) in [6, 6.07) is 15.4. The number of carbonyl (C=O) groups excluding carboxylic acids is 1. The fourth-order valence-electron chi connectivity index (χ4n) is 3.11. The third kappa shape index (κ3) is 6.50. The zero-order valence-corrected chi connectivity index (χ0v) is 18.4. The Labute approximate surface area is 187 Å². The molecule has 0 unspecified atom stereocenters. The molecule has 0 bridgehead atoms. The average Bonchev–Trinajstić information content (AvgIpc) is 2.75. The van der Waals surface area contributed by atoms with E-state index in [2.05, 4.69) is 15.3 Å². The largest absolute Gasteiger partial charge is 0.481 e. The topological polar surface area (TPSA) is 95.4 Å². The monoisotopic (exact) mass is 430 g/mol. The summed E-state index contributed by atoms with van der Waals surface area (Å²) in [5.41, 5.74) is 4.38. The van der Waals surface area contributed by atoms with Crippen LogP contribution in [-0.4, -0.2) is 41.0 Å². The fraction of sp³-hybridized carbons (Fsp3) is 0.200. The Kier molecular flexibility index (Phi) is 7.33. The zero-order chi connectivity index (χ0) is 23.1. The molecular weight excluding hydrogens is 404 g/mol. The fourth-order valence-corrected chi connectivity index (χ4v) is 3.11. The Hall–Kier alpha value is -4.00. The summed E-state index contributed by atoms with van der Waals surface area (Å²) in [6.45, 7) is 2.02. The Morgan fingerprint density at radius 1 is 1.06 bits per heavy atom. The van der Waals surface area contributed by atoms with Gasteiger partial charge in [-0.05, 0) is 36.3 Å². The molecule has 0 aliphatic carbocycles. The van der Waals surface area contributed by atoms with E-state index in [1.807, 2.05) is 69.6 Å². The van der Waals surface area contributed by atoms with Crippen LogP contribution in [0.3, 0.4) is 0 Å². The molecule has 1 aromatic heterocycles. The Morgan fingerprint density at radius 3 is 2.38 bits per heavy atom. The number of aryl methyl sites for hydroxylation is 1. The molecule has 0 aliphatic rings. The summed E-state index contributed by atoms with van der Waals surface area (Å²) in [5.74, 6) is 0.0735. The van der Waals surface area contributed by atoms with E-state index < -0.39 is 5.97 Å². The molecule has 0 fully saturated rings. The molecule has 3 rings (SSSR count). The number of amides is 1. The molecule has 0 atom stereocenters. The number of nitrogens with zero attached hydrogens (tertiary/aromatic N) is 3. The van der Waals surface area contributed by atoms with Gasteiger partial charge in [-0.1, -0.05) is 42.0 Å². The van der Waals surface area contributed by atoms with Crippen molar-refractivity contribution in [1.29, 1.82) is 0 Å². The maximum atomic E-state index is 12.2. The van der Waals surface area contributed by atoms with Gasteiger partial charge in [0.15, 0.2) is 0 Å². The summed E-state index contributed by atoms with van der Waals surface area (Å²) in [6.07, 6.45) is 5.22. The van der Waals surface area contributed by atoms with E-state index in [0.717, 1.165) is 11.1 Å². The molecule has 0 aliphatic heterocycles. The van der Waals surface area contributed by atoms with Crippen molar-refractivity contribution in [2.24, 2.45) is 0 Å². The lowest BCUT2D eigenvalue weighted by Crippen LogP contribution is -2.17. The summed E-state index contributed by atoms with van der Waals surface area (Å²) < 4.78 is 0. The van der Waals surface area contributed by atoms with Gasteiger partial charge in [0, 0.05) is 44.0 Å². The number of benzene rings is 2. The van der Waals surface area contributed by atoms with E-state index in [1.165, 1.54) is 11.6 Å². The van der Waals surface area contributed by atoms with E-state index in [-0.39, 0.29) is 12.3 Å². The molecule has 0 radical (unpaired) electrons. The van der Waals surface area contributed by atoms with Crippen molar-refractivity contribution in [3.63, 3.8) is 0 Å². The van der Waals surface area contributed by atoms with Gasteiger partial charge in [0.25, 0.3) is 0 Å². The summed E-state index contributed by atoms with van der Waals surface area (Å²) in [5, 5.41) is 11.9. The highest BCUT2D eigenvalue weighted by Crippen LogP contribution is 2.18. The molecule has 0 saturated heterocycles. The number of carbonyl (C=O) groups is 2. The van der Waals surface area contributed by atoms with E-state index in [0.29, 0.717) is 29.3 Å². The number of nitrogens with one attached hydrogen (secondary N) is 1. The number of rotatable bonds is 8. The van der Waals surface area contributed by atoms with Crippen LogP contribution in [0.4, 0.5) is 11.5 Å². The lowest BCUT2D eigenvalue weighted by Gasteiger charge is -2.16. The first-order valence-corrected chi connectivity index (χ1v) is 10.2. The van der Waals surface area contributed by atoms with Gasteiger partial charge < -0.3 is 15.3 Å². The third-order valence-electron chi connectivity index (χ3n) is 4.75. The number of aliphatic carboxylic acids is 1. The highest BCUT2D eigenvalue weighted by atomic mass is 16.4. The van der Waals surface area contributed by atoms with Crippen LogP contribution in [-0.2, 0) is 22.4 Å². The molecule has 32 heavy (non-hydrogen) atoms. The van der Waals surface area contributed by atoms with Crippen LogP contribution in [0.1, 0.15) is 28.1 Å². The van der Waals surface area contributed by atoms with Crippen LogP contribution < -0.4 is 10.2 Å². The van der Waals surface area contributed by atoms with Crippen LogP contribution in [0.15, 0.2) is 60.8 Å². The highest BCUT2D eigenvalue weighted by Gasteiger charge is 2.12. The number of aromatic nitrogens is 2. The second-order valence-corrected chi connectivity index (χ2v) is 7.71. The maximum absolute atomic E-state index is 12.2. The van der Waals surface area contributed by atoms with Crippen LogP contribution >= 0.6 is 0 Å². The van der Waals surface area contributed by atoms with Gasteiger partial charge in [0.1, 0.15) is 11.6 Å². The van der Waals surface area contributed by atoms with Crippen molar-refractivity contribution in [1.82, 2.24) is 9.97 Å². The van der Waals surface area contributed by atoms with E-state index in [4.69, 9.17) is 5.11 Å². The van der Waals surface area contributed by atoms with E-state index >= 15 is 0 Å². The normalized spacial score (nSPS) is 10.8. The van der Waals surface area contributed by atoms with Crippen LogP contribution in [0.5, 0.6) is 0 Å². The minimum atomic E-state index is -0.921. The molecule has 2 aromatic carbocycles. The minimum Gasteiger partial charge on any atom is -0.481 e. The molecule has 7 nitrogen and oxygen atoms in total. The molecule has 0 saturated carbocycles. The van der Waals surface area contributed by atoms with Gasteiger partial charge in [0.2, 0.25) is 5.91 Å². The van der Waals surface area contributed by atoms with Crippen molar-refractivity contribution in [3.8, 4) is 0 Å². The lowest BCUT2D eigenvalue weighted by molar-refractivity contribution is -0.136. The molecule has 1 heterocycles. The Morgan fingerprint density at radius 2 is 1.75 bits per heavy atom. The number of carboxylic acid groups (broad SMARTS) is 1. The van der Waals surface area contributed by atoms with Crippen molar-refractivity contribution in [2.45, 2.75) is 19.8 Å². The molecule has 164 valence electrons. The first-order chi connectivity index (χ1) is 15.3. The molecule has 3 aromatic rings. The molecule has 1 amide bonds. The first-order valence-electron chi connectivity index (χ1n) is 10.2. The molecule has 2 N–H and O–H groups in total. The van der Waals surface area contributed by atoms with Gasteiger partial charge in [-0.15, -0.1) is 0 Å². The summed E-state index contributed by atoms with van der Waals surface area (Å²) >= 11 is 0. The molecule has 7 heteroatoms. The van der Waals surface area contributed by atoms with Gasteiger partial charge in [0.05, 0.1) is 6.42 Å². The van der Waals surface area contributed by atoms with Crippen LogP contribution in [0.2, 0.25) is 0 Å². The van der Waals surface area contributed by atoms with Crippen LogP contribution in [0.25, 0.3) is 6.08 Å². The summed E-state index contributed by atoms with van der Waals surface area (Å²) in [4.78, 5) is 33.8. The number of hydrogen-bond acceptors (Lipinski definition) is 5. The third-order valence-corrected chi connectivity index (χ3v) is 4.75. The number of anilines is 2. The van der Waals surface area contributed by atoms with Gasteiger partial charge in [-0.3, -0.25) is 9.59 Å². The van der Waals surface area contributed by atoms with Crippen molar-refractivity contribution in [3.05, 3.63) is 88.9 Å². The Bertz CT molecular complexity index is 1120. The van der Waals surface area contributed by atoms with Crippen molar-refractivity contribution in [2.75, 3.05) is 24.3 Å². The van der Waals surface area contributed by atoms with Crippen molar-refractivity contribution >= 4 is 29.5 Å².